The van der Waals surface area contributed by atoms with Crippen molar-refractivity contribution in [1.29, 1.82) is 0 Å². The van der Waals surface area contributed by atoms with Gasteiger partial charge in [-0.25, -0.2) is 0 Å². The largest absolute Gasteiger partial charge is 0.389 e. The molecule has 0 unspecified atom stereocenters. The van der Waals surface area contributed by atoms with E-state index < -0.39 is 0 Å². The van der Waals surface area contributed by atoms with Crippen molar-refractivity contribution in [3.63, 3.8) is 0 Å². The van der Waals surface area contributed by atoms with Crippen LogP contribution in [0.3, 0.4) is 0 Å². The number of thiocarbonyl (C=S) groups is 1. The lowest BCUT2D eigenvalue weighted by Crippen LogP contribution is -2.23. The van der Waals surface area contributed by atoms with E-state index in [1.54, 1.807) is 0 Å². The van der Waals surface area contributed by atoms with Crippen LogP contribution in [0.5, 0.6) is 0 Å². The van der Waals surface area contributed by atoms with Crippen LogP contribution in [-0.2, 0) is 13.0 Å². The average Bonchev–Trinajstić information content (AvgIpc) is 2.90. The molecule has 2 nitrogen and oxygen atoms in total. The quantitative estimate of drug-likeness (QED) is 0.829. The number of hydrogen-bond acceptors (Lipinski definition) is 3. The molecule has 2 aromatic rings. The monoisotopic (exact) mass is 290 g/mol. The summed E-state index contributed by atoms with van der Waals surface area (Å²) in [4.78, 5) is 4.20. The Morgan fingerprint density at radius 1 is 1.26 bits per heavy atom. The minimum absolute atomic E-state index is 0.474. The molecule has 0 saturated carbocycles. The van der Waals surface area contributed by atoms with Crippen LogP contribution >= 0.6 is 23.6 Å². The van der Waals surface area contributed by atoms with E-state index in [9.17, 15) is 0 Å². The number of thiophene rings is 1. The van der Waals surface area contributed by atoms with Gasteiger partial charge in [-0.3, -0.25) is 0 Å². The minimum Gasteiger partial charge on any atom is -0.389 e. The van der Waals surface area contributed by atoms with E-state index in [0.717, 1.165) is 25.1 Å². The van der Waals surface area contributed by atoms with Gasteiger partial charge in [0.1, 0.15) is 4.99 Å². The zero-order valence-electron chi connectivity index (χ0n) is 11.0. The average molecular weight is 290 g/mol. The highest BCUT2D eigenvalue weighted by atomic mass is 32.1. The fourth-order valence-corrected chi connectivity index (χ4v) is 2.92. The first-order valence-corrected chi connectivity index (χ1v) is 7.54. The first kappa shape index (κ1) is 14.2. The topological polar surface area (TPSA) is 29.3 Å². The second-order valence-corrected chi connectivity index (χ2v) is 6.06. The van der Waals surface area contributed by atoms with Gasteiger partial charge in [0.05, 0.1) is 0 Å². The first-order chi connectivity index (χ1) is 9.16. The van der Waals surface area contributed by atoms with Crippen molar-refractivity contribution >= 4 is 28.5 Å². The van der Waals surface area contributed by atoms with Crippen LogP contribution in [0.4, 0.5) is 0 Å². The Morgan fingerprint density at radius 2 is 2.05 bits per heavy atom. The van der Waals surface area contributed by atoms with E-state index in [4.69, 9.17) is 18.0 Å². The number of rotatable bonds is 6. The molecule has 0 aliphatic rings. The van der Waals surface area contributed by atoms with Crippen molar-refractivity contribution in [1.82, 2.24) is 4.90 Å². The highest BCUT2D eigenvalue weighted by Crippen LogP contribution is 2.13. The Kier molecular flexibility index (Phi) is 5.07. The summed E-state index contributed by atoms with van der Waals surface area (Å²) in [6, 6.07) is 12.4. The summed E-state index contributed by atoms with van der Waals surface area (Å²) in [5.74, 6) is 0. The van der Waals surface area contributed by atoms with Gasteiger partial charge in [-0.1, -0.05) is 42.5 Å². The van der Waals surface area contributed by atoms with E-state index >= 15 is 0 Å². The summed E-state index contributed by atoms with van der Waals surface area (Å²) in [5.41, 5.74) is 7.94. The summed E-state index contributed by atoms with van der Waals surface area (Å²) in [6.07, 6.45) is 1.09. The smallest absolute Gasteiger partial charge is 0.104 e. The summed E-state index contributed by atoms with van der Waals surface area (Å²) in [6.45, 7) is 1.91. The van der Waals surface area contributed by atoms with Gasteiger partial charge in [0.25, 0.3) is 0 Å². The summed E-state index contributed by atoms with van der Waals surface area (Å²) >= 11 is 6.90. The zero-order valence-corrected chi connectivity index (χ0v) is 12.6. The maximum Gasteiger partial charge on any atom is 0.104 e. The highest BCUT2D eigenvalue weighted by molar-refractivity contribution is 7.80. The molecule has 19 heavy (non-hydrogen) atoms. The molecule has 2 rings (SSSR count). The lowest BCUT2D eigenvalue weighted by molar-refractivity contribution is 0.332. The number of hydrogen-bond donors (Lipinski definition) is 1. The van der Waals surface area contributed by atoms with Crippen LogP contribution < -0.4 is 5.73 Å². The van der Waals surface area contributed by atoms with Gasteiger partial charge in [-0.2, -0.15) is 0 Å². The van der Waals surface area contributed by atoms with Crippen LogP contribution in [0.1, 0.15) is 16.0 Å². The van der Waals surface area contributed by atoms with E-state index in [-0.39, 0.29) is 0 Å². The van der Waals surface area contributed by atoms with Crippen molar-refractivity contribution in [3.05, 3.63) is 57.8 Å². The van der Waals surface area contributed by atoms with Crippen LogP contribution in [0.15, 0.2) is 41.8 Å². The summed E-state index contributed by atoms with van der Waals surface area (Å²) < 4.78 is 0. The highest BCUT2D eigenvalue weighted by Gasteiger charge is 2.07. The van der Waals surface area contributed by atoms with Crippen LogP contribution in [0, 0.1) is 0 Å². The molecule has 0 aliphatic heterocycles. The SMILES string of the molecule is CN(CCc1cccs1)Cc1ccccc1C(N)=S. The Bertz CT molecular complexity index is 535. The molecule has 100 valence electrons. The molecular formula is C15H18N2S2. The third kappa shape index (κ3) is 4.13. The van der Waals surface area contributed by atoms with Gasteiger partial charge in [-0.15, -0.1) is 11.3 Å². The fourth-order valence-electron chi connectivity index (χ4n) is 2.02. The molecule has 0 bridgehead atoms. The molecule has 4 heteroatoms. The number of nitrogens with zero attached hydrogens (tertiary/aromatic N) is 1. The minimum atomic E-state index is 0.474. The number of nitrogens with two attached hydrogens (primary N) is 1. The molecule has 1 heterocycles. The van der Waals surface area contributed by atoms with E-state index in [0.29, 0.717) is 4.99 Å². The van der Waals surface area contributed by atoms with Gasteiger partial charge in [0.15, 0.2) is 0 Å². The lowest BCUT2D eigenvalue weighted by Gasteiger charge is -2.18. The van der Waals surface area contributed by atoms with Crippen LogP contribution in [0.25, 0.3) is 0 Å². The molecule has 1 aromatic carbocycles. The van der Waals surface area contributed by atoms with Crippen molar-refractivity contribution in [3.8, 4) is 0 Å². The third-order valence-electron chi connectivity index (χ3n) is 3.04. The molecule has 0 radical (unpaired) electrons. The van der Waals surface area contributed by atoms with Crippen molar-refractivity contribution in [2.24, 2.45) is 5.73 Å². The van der Waals surface area contributed by atoms with E-state index in [1.165, 1.54) is 10.4 Å². The van der Waals surface area contributed by atoms with Crippen LogP contribution in [-0.4, -0.2) is 23.5 Å². The Hall–Kier alpha value is -1.23. The van der Waals surface area contributed by atoms with E-state index in [2.05, 4.69) is 35.5 Å². The Morgan fingerprint density at radius 3 is 2.74 bits per heavy atom. The molecule has 0 aliphatic carbocycles. The Balaban J connectivity index is 1.95. The van der Waals surface area contributed by atoms with Crippen molar-refractivity contribution < 1.29 is 0 Å². The van der Waals surface area contributed by atoms with Gasteiger partial charge < -0.3 is 10.6 Å². The first-order valence-electron chi connectivity index (χ1n) is 6.25. The molecular weight excluding hydrogens is 272 g/mol. The molecule has 0 fully saturated rings. The Labute approximate surface area is 123 Å². The normalized spacial score (nSPS) is 10.8. The maximum absolute atomic E-state index is 5.76. The van der Waals surface area contributed by atoms with Gasteiger partial charge >= 0.3 is 0 Å². The molecule has 0 amide bonds. The van der Waals surface area contributed by atoms with Gasteiger partial charge in [-0.05, 0) is 30.5 Å². The van der Waals surface area contributed by atoms with Crippen molar-refractivity contribution in [2.45, 2.75) is 13.0 Å². The fraction of sp³-hybridized carbons (Fsp3) is 0.267. The molecule has 2 N–H and O–H groups in total. The lowest BCUT2D eigenvalue weighted by atomic mass is 10.1. The molecule has 0 spiro atoms. The second kappa shape index (κ2) is 6.80. The van der Waals surface area contributed by atoms with Crippen LogP contribution in [0.2, 0.25) is 0 Å². The van der Waals surface area contributed by atoms with Crippen molar-refractivity contribution in [2.75, 3.05) is 13.6 Å². The predicted molar refractivity (Wildman–Crippen MR) is 86.7 cm³/mol. The standard InChI is InChI=1S/C15H18N2S2/c1-17(9-8-13-6-4-10-19-13)11-12-5-2-3-7-14(12)15(16)18/h2-7,10H,8-9,11H2,1H3,(H2,16,18). The zero-order chi connectivity index (χ0) is 13.7. The molecule has 1 aromatic heterocycles. The van der Waals surface area contributed by atoms with E-state index in [1.807, 2.05) is 29.5 Å². The van der Waals surface area contributed by atoms with Gasteiger partial charge in [0.2, 0.25) is 0 Å². The maximum atomic E-state index is 5.76. The second-order valence-electron chi connectivity index (χ2n) is 4.59. The van der Waals surface area contributed by atoms with Gasteiger partial charge in [0, 0.05) is 23.5 Å². The number of benzene rings is 1. The molecule has 0 saturated heterocycles. The molecule has 0 atom stereocenters. The number of likely N-dealkylation sites (N-methyl/N-ethyl adjacent to an activating group) is 1. The summed E-state index contributed by atoms with van der Waals surface area (Å²) in [7, 11) is 2.13. The third-order valence-corrected chi connectivity index (χ3v) is 4.20. The summed E-state index contributed by atoms with van der Waals surface area (Å²) in [5, 5.41) is 2.12. The predicted octanol–water partition coefficient (Wildman–Crippen LogP) is 3.06.